The van der Waals surface area contributed by atoms with Gasteiger partial charge in [0.2, 0.25) is 0 Å². The van der Waals surface area contributed by atoms with Gasteiger partial charge in [0.15, 0.2) is 0 Å². The van der Waals surface area contributed by atoms with Crippen LogP contribution in [0.5, 0.6) is 0 Å². The summed E-state index contributed by atoms with van der Waals surface area (Å²) in [6, 6.07) is 12.9. The van der Waals surface area contributed by atoms with Crippen molar-refractivity contribution >= 4 is 38.6 Å². The van der Waals surface area contributed by atoms with Crippen molar-refractivity contribution in [1.82, 2.24) is 4.98 Å². The third kappa shape index (κ3) is 3.25. The Morgan fingerprint density at radius 1 is 1.19 bits per heavy atom. The van der Waals surface area contributed by atoms with Gasteiger partial charge in [-0.1, -0.05) is 0 Å². The topological polar surface area (TPSA) is 61.2 Å². The summed E-state index contributed by atoms with van der Waals surface area (Å²) < 4.78 is 6.52. The van der Waals surface area contributed by atoms with Crippen molar-refractivity contribution in [1.29, 1.82) is 5.26 Å². The van der Waals surface area contributed by atoms with Gasteiger partial charge in [-0.25, -0.2) is 4.98 Å². The van der Waals surface area contributed by atoms with Gasteiger partial charge in [0, 0.05) is 36.0 Å². The SMILES string of the molecule is N#Cc1sc2cnc(Nc3ccc(N4CCOCC4)cc3)cc2c1C1CC1. The molecule has 1 aromatic carbocycles. The minimum absolute atomic E-state index is 0.552. The van der Waals surface area contributed by atoms with Crippen molar-refractivity contribution in [2.24, 2.45) is 0 Å². The minimum Gasteiger partial charge on any atom is -0.378 e. The molecule has 0 atom stereocenters. The smallest absolute Gasteiger partial charge is 0.130 e. The summed E-state index contributed by atoms with van der Waals surface area (Å²) in [7, 11) is 0. The Hall–Kier alpha value is -2.62. The minimum atomic E-state index is 0.552. The second kappa shape index (κ2) is 6.84. The molecule has 2 aromatic heterocycles. The summed E-state index contributed by atoms with van der Waals surface area (Å²) in [5, 5.41) is 14.0. The second-order valence-electron chi connectivity index (χ2n) is 7.07. The molecular weight excluding hydrogens is 356 g/mol. The maximum absolute atomic E-state index is 9.45. The monoisotopic (exact) mass is 376 g/mol. The number of hydrogen-bond acceptors (Lipinski definition) is 6. The normalized spacial score (nSPS) is 17.1. The maximum atomic E-state index is 9.45. The lowest BCUT2D eigenvalue weighted by atomic mass is 10.1. The standard InChI is InChI=1S/C21H20N4OS/c22-12-18-21(14-1-2-14)17-11-20(23-13-19(17)27-18)24-15-3-5-16(6-4-15)25-7-9-26-10-8-25/h3-6,11,13-14H,1-2,7-10H2,(H,23,24). The number of hydrogen-bond donors (Lipinski definition) is 1. The number of fused-ring (bicyclic) bond motifs is 1. The van der Waals surface area contributed by atoms with Crippen LogP contribution in [0.4, 0.5) is 17.2 Å². The van der Waals surface area contributed by atoms with E-state index in [2.05, 4.69) is 51.6 Å². The van der Waals surface area contributed by atoms with Gasteiger partial charge in [0.1, 0.15) is 16.8 Å². The van der Waals surface area contributed by atoms with Gasteiger partial charge >= 0.3 is 0 Å². The third-order valence-corrected chi connectivity index (χ3v) is 6.28. The lowest BCUT2D eigenvalue weighted by Gasteiger charge is -2.28. The third-order valence-electron chi connectivity index (χ3n) is 5.22. The summed E-state index contributed by atoms with van der Waals surface area (Å²) in [5.74, 6) is 1.38. The number of thiophene rings is 1. The molecule has 27 heavy (non-hydrogen) atoms. The zero-order valence-electron chi connectivity index (χ0n) is 14.9. The highest BCUT2D eigenvalue weighted by atomic mass is 32.1. The first kappa shape index (κ1) is 16.5. The molecule has 136 valence electrons. The number of nitrogens with zero attached hydrogens (tertiary/aromatic N) is 3. The first-order valence-electron chi connectivity index (χ1n) is 9.34. The summed E-state index contributed by atoms with van der Waals surface area (Å²) >= 11 is 1.56. The Morgan fingerprint density at radius 2 is 1.96 bits per heavy atom. The fourth-order valence-corrected chi connectivity index (χ4v) is 4.71. The maximum Gasteiger partial charge on any atom is 0.130 e. The lowest BCUT2D eigenvalue weighted by Crippen LogP contribution is -2.36. The summed E-state index contributed by atoms with van der Waals surface area (Å²) in [6.45, 7) is 3.46. The lowest BCUT2D eigenvalue weighted by molar-refractivity contribution is 0.122. The van der Waals surface area contributed by atoms with E-state index in [1.54, 1.807) is 11.3 Å². The van der Waals surface area contributed by atoms with Gasteiger partial charge < -0.3 is 15.0 Å². The zero-order valence-corrected chi connectivity index (χ0v) is 15.8. The van der Waals surface area contributed by atoms with Crippen molar-refractivity contribution in [2.75, 3.05) is 36.5 Å². The molecule has 0 radical (unpaired) electrons. The zero-order chi connectivity index (χ0) is 18.2. The molecule has 0 amide bonds. The molecular formula is C21H20N4OS. The highest BCUT2D eigenvalue weighted by molar-refractivity contribution is 7.19. The van der Waals surface area contributed by atoms with Crippen molar-refractivity contribution < 1.29 is 4.74 Å². The molecule has 0 bridgehead atoms. The quantitative estimate of drug-likeness (QED) is 0.720. The fourth-order valence-electron chi connectivity index (χ4n) is 3.68. The molecule has 5 rings (SSSR count). The van der Waals surface area contributed by atoms with Gasteiger partial charge in [-0.05, 0) is 54.7 Å². The Labute approximate surface area is 162 Å². The van der Waals surface area contributed by atoms with E-state index >= 15 is 0 Å². The molecule has 2 aliphatic rings. The van der Waals surface area contributed by atoms with E-state index in [1.807, 2.05) is 6.20 Å². The largest absolute Gasteiger partial charge is 0.378 e. The Morgan fingerprint density at radius 3 is 2.67 bits per heavy atom. The summed E-state index contributed by atoms with van der Waals surface area (Å²) in [5.41, 5.74) is 3.47. The molecule has 6 heteroatoms. The van der Waals surface area contributed by atoms with Crippen LogP contribution in [0, 0.1) is 11.3 Å². The molecule has 3 aromatic rings. The van der Waals surface area contributed by atoms with Gasteiger partial charge in [-0.3, -0.25) is 0 Å². The Kier molecular flexibility index (Phi) is 4.19. The van der Waals surface area contributed by atoms with Crippen LogP contribution in [0.1, 0.15) is 29.2 Å². The van der Waals surface area contributed by atoms with Gasteiger partial charge in [0.05, 0.1) is 17.9 Å². The van der Waals surface area contributed by atoms with Crippen LogP contribution in [0.3, 0.4) is 0 Å². The van der Waals surface area contributed by atoms with Crippen molar-refractivity contribution in [2.45, 2.75) is 18.8 Å². The number of anilines is 3. The molecule has 3 heterocycles. The van der Waals surface area contributed by atoms with Crippen LogP contribution < -0.4 is 10.2 Å². The van der Waals surface area contributed by atoms with E-state index in [0.717, 1.165) is 47.4 Å². The molecule has 1 saturated carbocycles. The van der Waals surface area contributed by atoms with Crippen molar-refractivity contribution in [3.63, 3.8) is 0 Å². The van der Waals surface area contributed by atoms with Crippen molar-refractivity contribution in [3.8, 4) is 6.07 Å². The molecule has 1 saturated heterocycles. The summed E-state index contributed by atoms with van der Waals surface area (Å²) in [4.78, 5) is 7.74. The molecule has 2 fully saturated rings. The van der Waals surface area contributed by atoms with Crippen LogP contribution in [0.2, 0.25) is 0 Å². The average Bonchev–Trinajstić information content (AvgIpc) is 3.49. The number of rotatable bonds is 4. The average molecular weight is 376 g/mol. The van der Waals surface area contributed by atoms with Crippen LogP contribution >= 0.6 is 11.3 Å². The fraction of sp³-hybridized carbons (Fsp3) is 0.333. The molecule has 1 aliphatic heterocycles. The van der Waals surface area contributed by atoms with Crippen LogP contribution in [0.15, 0.2) is 36.5 Å². The molecule has 0 spiro atoms. The van der Waals surface area contributed by atoms with E-state index in [0.29, 0.717) is 5.92 Å². The second-order valence-corrected chi connectivity index (χ2v) is 8.12. The highest BCUT2D eigenvalue weighted by Crippen LogP contribution is 2.48. The number of ether oxygens (including phenoxy) is 1. The van der Waals surface area contributed by atoms with Crippen LogP contribution in [0.25, 0.3) is 10.1 Å². The number of aromatic nitrogens is 1. The number of nitrogens with one attached hydrogen (secondary N) is 1. The molecule has 1 N–H and O–H groups in total. The number of pyridine rings is 1. The number of benzene rings is 1. The van der Waals surface area contributed by atoms with Gasteiger partial charge in [0.25, 0.3) is 0 Å². The van der Waals surface area contributed by atoms with Crippen molar-refractivity contribution in [3.05, 3.63) is 47.0 Å². The predicted octanol–water partition coefficient (Wildman–Crippen LogP) is 4.63. The van der Waals surface area contributed by atoms with Gasteiger partial charge in [-0.15, -0.1) is 11.3 Å². The van der Waals surface area contributed by atoms with E-state index < -0.39 is 0 Å². The van der Waals surface area contributed by atoms with E-state index in [1.165, 1.54) is 29.5 Å². The van der Waals surface area contributed by atoms with E-state index in [-0.39, 0.29) is 0 Å². The molecule has 0 unspecified atom stereocenters. The first-order valence-corrected chi connectivity index (χ1v) is 10.2. The predicted molar refractivity (Wildman–Crippen MR) is 109 cm³/mol. The number of nitriles is 1. The highest BCUT2D eigenvalue weighted by Gasteiger charge is 2.30. The van der Waals surface area contributed by atoms with Crippen LogP contribution in [-0.4, -0.2) is 31.3 Å². The van der Waals surface area contributed by atoms with E-state index in [9.17, 15) is 5.26 Å². The molecule has 1 aliphatic carbocycles. The van der Waals surface area contributed by atoms with E-state index in [4.69, 9.17) is 4.74 Å². The first-order chi connectivity index (χ1) is 13.3. The summed E-state index contributed by atoms with van der Waals surface area (Å²) in [6.07, 6.45) is 4.26. The van der Waals surface area contributed by atoms with Crippen LogP contribution in [-0.2, 0) is 4.74 Å². The molecule has 5 nitrogen and oxygen atoms in total. The Balaban J connectivity index is 1.39. The number of morpholine rings is 1. The van der Waals surface area contributed by atoms with Gasteiger partial charge in [-0.2, -0.15) is 5.26 Å². The Bertz CT molecular complexity index is 1010.